The summed E-state index contributed by atoms with van der Waals surface area (Å²) < 4.78 is 38.2. The monoisotopic (exact) mass is 392 g/mol. The Balaban J connectivity index is 1.80. The van der Waals surface area contributed by atoms with Gasteiger partial charge in [-0.25, -0.2) is 0 Å². The number of nitrogens with one attached hydrogen (secondary N) is 2. The highest BCUT2D eigenvalue weighted by molar-refractivity contribution is 5.82. The molecule has 0 aromatic heterocycles. The molecule has 2 aliphatic rings. The third-order valence-corrected chi connectivity index (χ3v) is 5.20. The molecular formula is C18H31F3N4O2. The van der Waals surface area contributed by atoms with Crippen molar-refractivity contribution in [3.8, 4) is 0 Å². The van der Waals surface area contributed by atoms with Gasteiger partial charge in [0.15, 0.2) is 0 Å². The molecule has 2 N–H and O–H groups in total. The Morgan fingerprint density at radius 3 is 2.59 bits per heavy atom. The quantitative estimate of drug-likeness (QED) is 0.687. The predicted octanol–water partition coefficient (Wildman–Crippen LogP) is 1.37. The number of nitrogens with zero attached hydrogens (tertiary/aromatic N) is 2. The van der Waals surface area contributed by atoms with Gasteiger partial charge in [0, 0.05) is 19.1 Å². The number of halogens is 3. The van der Waals surface area contributed by atoms with E-state index in [1.165, 1.54) is 0 Å². The van der Waals surface area contributed by atoms with Gasteiger partial charge in [-0.2, -0.15) is 13.2 Å². The molecule has 0 aliphatic carbocycles. The van der Waals surface area contributed by atoms with E-state index in [1.54, 1.807) is 13.8 Å². The highest BCUT2D eigenvalue weighted by atomic mass is 19.4. The molecule has 2 heterocycles. The molecule has 2 unspecified atom stereocenters. The molecule has 0 spiro atoms. The van der Waals surface area contributed by atoms with Crippen molar-refractivity contribution in [2.24, 2.45) is 5.92 Å². The maximum absolute atomic E-state index is 12.7. The van der Waals surface area contributed by atoms with Crippen molar-refractivity contribution in [1.82, 2.24) is 20.4 Å². The lowest BCUT2D eigenvalue weighted by Gasteiger charge is -2.35. The molecule has 0 saturated carbocycles. The molecule has 2 aliphatic heterocycles. The van der Waals surface area contributed by atoms with Crippen molar-refractivity contribution in [3.05, 3.63) is 0 Å². The summed E-state index contributed by atoms with van der Waals surface area (Å²) in [6.45, 7) is 4.67. The highest BCUT2D eigenvalue weighted by Crippen LogP contribution is 2.20. The van der Waals surface area contributed by atoms with Gasteiger partial charge in [0.25, 0.3) is 0 Å². The second-order valence-electron chi connectivity index (χ2n) is 7.87. The minimum atomic E-state index is -4.40. The average Bonchev–Trinajstić information content (AvgIpc) is 3.11. The van der Waals surface area contributed by atoms with Crippen molar-refractivity contribution in [1.29, 1.82) is 0 Å². The Labute approximate surface area is 158 Å². The molecule has 27 heavy (non-hydrogen) atoms. The van der Waals surface area contributed by atoms with Gasteiger partial charge < -0.3 is 15.5 Å². The Morgan fingerprint density at radius 2 is 2.00 bits per heavy atom. The Kier molecular flexibility index (Phi) is 7.91. The normalized spacial score (nSPS) is 24.2. The first-order valence-corrected chi connectivity index (χ1v) is 9.75. The fraction of sp³-hybridized carbons (Fsp3) is 0.889. The molecule has 2 fully saturated rings. The van der Waals surface area contributed by atoms with Crippen LogP contribution in [0.3, 0.4) is 0 Å². The topological polar surface area (TPSA) is 64.7 Å². The van der Waals surface area contributed by atoms with Gasteiger partial charge >= 0.3 is 6.18 Å². The fourth-order valence-corrected chi connectivity index (χ4v) is 3.77. The van der Waals surface area contributed by atoms with E-state index in [1.807, 2.05) is 4.90 Å². The van der Waals surface area contributed by atoms with Gasteiger partial charge in [0.1, 0.15) is 6.54 Å². The summed E-state index contributed by atoms with van der Waals surface area (Å²) in [6, 6.07) is -0.619. The number of hydrogen-bond donors (Lipinski definition) is 2. The van der Waals surface area contributed by atoms with Crippen LogP contribution >= 0.6 is 0 Å². The molecular weight excluding hydrogens is 361 g/mol. The van der Waals surface area contributed by atoms with Gasteiger partial charge in [-0.3, -0.25) is 14.5 Å². The largest absolute Gasteiger partial charge is 0.406 e. The summed E-state index contributed by atoms with van der Waals surface area (Å²) in [4.78, 5) is 27.3. The first-order chi connectivity index (χ1) is 12.7. The van der Waals surface area contributed by atoms with Crippen LogP contribution in [0.25, 0.3) is 0 Å². The van der Waals surface area contributed by atoms with Crippen molar-refractivity contribution in [3.63, 3.8) is 0 Å². The zero-order valence-electron chi connectivity index (χ0n) is 16.1. The minimum Gasteiger partial charge on any atom is -0.354 e. The van der Waals surface area contributed by atoms with Crippen LogP contribution in [0.15, 0.2) is 0 Å². The van der Waals surface area contributed by atoms with Crippen LogP contribution in [0.2, 0.25) is 0 Å². The Morgan fingerprint density at radius 1 is 1.26 bits per heavy atom. The molecule has 156 valence electrons. The van der Waals surface area contributed by atoms with Crippen LogP contribution in [0.4, 0.5) is 13.2 Å². The number of carbonyl (C=O) groups excluding carboxylic acids is 2. The van der Waals surface area contributed by atoms with E-state index in [0.717, 1.165) is 37.1 Å². The van der Waals surface area contributed by atoms with Gasteiger partial charge in [-0.15, -0.1) is 0 Å². The molecule has 2 saturated heterocycles. The standard InChI is InChI=1S/C18H31F3N4O2/c1-13(2)25(12-18(19,20)21)16(26)11-24-8-4-5-14(10-24)9-23-17(27)15-6-3-7-22-15/h13-15,22H,3-12H2,1-2H3,(H,23,27). The zero-order valence-corrected chi connectivity index (χ0v) is 16.1. The number of carbonyl (C=O) groups is 2. The lowest BCUT2D eigenvalue weighted by atomic mass is 9.97. The summed E-state index contributed by atoms with van der Waals surface area (Å²) in [5.74, 6) is -0.272. The maximum atomic E-state index is 12.7. The zero-order chi connectivity index (χ0) is 20.0. The number of likely N-dealkylation sites (tertiary alicyclic amines) is 1. The number of amides is 2. The summed E-state index contributed by atoms with van der Waals surface area (Å²) in [7, 11) is 0. The maximum Gasteiger partial charge on any atom is 0.406 e. The van der Waals surface area contributed by atoms with E-state index in [4.69, 9.17) is 0 Å². The minimum absolute atomic E-state index is 0.0110. The van der Waals surface area contributed by atoms with Crippen LogP contribution in [-0.2, 0) is 9.59 Å². The number of hydrogen-bond acceptors (Lipinski definition) is 4. The number of alkyl halides is 3. The summed E-state index contributed by atoms with van der Waals surface area (Å²) >= 11 is 0. The van der Waals surface area contributed by atoms with E-state index in [2.05, 4.69) is 10.6 Å². The van der Waals surface area contributed by atoms with Gasteiger partial charge in [-0.05, 0) is 58.5 Å². The van der Waals surface area contributed by atoms with Crippen molar-refractivity contribution in [2.45, 2.75) is 57.8 Å². The van der Waals surface area contributed by atoms with Gasteiger partial charge in [0.05, 0.1) is 12.6 Å². The number of rotatable bonds is 7. The van der Waals surface area contributed by atoms with Crippen molar-refractivity contribution < 1.29 is 22.8 Å². The third kappa shape index (κ3) is 7.29. The molecule has 9 heteroatoms. The molecule has 0 radical (unpaired) electrons. The SMILES string of the molecule is CC(C)N(CC(F)(F)F)C(=O)CN1CCCC(CNC(=O)C2CCCN2)C1. The second-order valence-corrected chi connectivity index (χ2v) is 7.87. The molecule has 2 rings (SSSR count). The lowest BCUT2D eigenvalue weighted by Crippen LogP contribution is -2.50. The summed E-state index contributed by atoms with van der Waals surface area (Å²) in [6.07, 6.45) is -0.734. The molecule has 2 amide bonds. The first-order valence-electron chi connectivity index (χ1n) is 9.75. The van der Waals surface area contributed by atoms with Crippen LogP contribution in [0.5, 0.6) is 0 Å². The molecule has 6 nitrogen and oxygen atoms in total. The smallest absolute Gasteiger partial charge is 0.354 e. The molecule has 0 bridgehead atoms. The van der Waals surface area contributed by atoms with Crippen molar-refractivity contribution in [2.75, 3.05) is 39.3 Å². The van der Waals surface area contributed by atoms with Crippen LogP contribution in [0, 0.1) is 5.92 Å². The molecule has 0 aromatic rings. The van der Waals surface area contributed by atoms with E-state index in [-0.39, 0.29) is 24.4 Å². The summed E-state index contributed by atoms with van der Waals surface area (Å²) in [5.41, 5.74) is 0. The molecule has 0 aromatic carbocycles. The fourth-order valence-electron chi connectivity index (χ4n) is 3.77. The second kappa shape index (κ2) is 9.73. The van der Waals surface area contributed by atoms with E-state index < -0.39 is 24.7 Å². The van der Waals surface area contributed by atoms with Crippen LogP contribution in [0.1, 0.15) is 39.5 Å². The third-order valence-electron chi connectivity index (χ3n) is 5.20. The number of piperidine rings is 1. The average molecular weight is 392 g/mol. The first kappa shape index (κ1) is 21.9. The highest BCUT2D eigenvalue weighted by Gasteiger charge is 2.35. The van der Waals surface area contributed by atoms with Crippen LogP contribution in [-0.4, -0.2) is 79.1 Å². The van der Waals surface area contributed by atoms with E-state index in [0.29, 0.717) is 19.6 Å². The van der Waals surface area contributed by atoms with Crippen LogP contribution < -0.4 is 10.6 Å². The van der Waals surface area contributed by atoms with Gasteiger partial charge in [0.2, 0.25) is 11.8 Å². The predicted molar refractivity (Wildman–Crippen MR) is 96.1 cm³/mol. The van der Waals surface area contributed by atoms with E-state index >= 15 is 0 Å². The van der Waals surface area contributed by atoms with E-state index in [9.17, 15) is 22.8 Å². The molecule has 2 atom stereocenters. The Bertz CT molecular complexity index is 507. The van der Waals surface area contributed by atoms with Gasteiger partial charge in [-0.1, -0.05) is 0 Å². The summed E-state index contributed by atoms with van der Waals surface area (Å²) in [5, 5.41) is 6.12. The lowest BCUT2D eigenvalue weighted by molar-refractivity contribution is -0.165. The van der Waals surface area contributed by atoms with Crippen molar-refractivity contribution >= 4 is 11.8 Å². The Hall–Kier alpha value is -1.35.